The highest BCUT2D eigenvalue weighted by Gasteiger charge is 2.32. The first kappa shape index (κ1) is 12.6. The van der Waals surface area contributed by atoms with Crippen LogP contribution in [0.3, 0.4) is 0 Å². The van der Waals surface area contributed by atoms with Gasteiger partial charge in [0.1, 0.15) is 5.78 Å². The van der Waals surface area contributed by atoms with Gasteiger partial charge in [-0.15, -0.1) is 0 Å². The standard InChI is InChI=1S/C11H22O2/c1-8(2)11(6,13)7-9(12)10(3,4)5/h8,13H,7H2,1-6H3. The van der Waals surface area contributed by atoms with Crippen LogP contribution in [0.1, 0.15) is 48.0 Å². The fourth-order valence-electron chi connectivity index (χ4n) is 0.794. The van der Waals surface area contributed by atoms with Crippen molar-refractivity contribution in [1.29, 1.82) is 0 Å². The van der Waals surface area contributed by atoms with Gasteiger partial charge in [-0.05, 0) is 12.8 Å². The molecule has 0 aromatic heterocycles. The lowest BCUT2D eigenvalue weighted by Crippen LogP contribution is -2.37. The summed E-state index contributed by atoms with van der Waals surface area (Å²) in [6, 6.07) is 0. The molecule has 0 aromatic rings. The normalized spacial score (nSPS) is 17.2. The van der Waals surface area contributed by atoms with Gasteiger partial charge in [-0.2, -0.15) is 0 Å². The predicted molar refractivity (Wildman–Crippen MR) is 54.5 cm³/mol. The fraction of sp³-hybridized carbons (Fsp3) is 0.909. The summed E-state index contributed by atoms with van der Waals surface area (Å²) in [5, 5.41) is 9.90. The lowest BCUT2D eigenvalue weighted by molar-refractivity contribution is -0.132. The van der Waals surface area contributed by atoms with Crippen molar-refractivity contribution in [1.82, 2.24) is 0 Å². The Morgan fingerprint density at radius 1 is 1.23 bits per heavy atom. The van der Waals surface area contributed by atoms with Gasteiger partial charge in [0.05, 0.1) is 5.60 Å². The second kappa shape index (κ2) is 3.79. The Morgan fingerprint density at radius 3 is 1.85 bits per heavy atom. The van der Waals surface area contributed by atoms with E-state index in [-0.39, 0.29) is 23.5 Å². The molecule has 1 atom stereocenters. The summed E-state index contributed by atoms with van der Waals surface area (Å²) in [5.41, 5.74) is -1.22. The molecule has 0 radical (unpaired) electrons. The lowest BCUT2D eigenvalue weighted by atomic mass is 9.80. The second-order valence-electron chi connectivity index (χ2n) is 5.36. The maximum Gasteiger partial charge on any atom is 0.141 e. The van der Waals surface area contributed by atoms with Gasteiger partial charge in [0.15, 0.2) is 0 Å². The number of Topliss-reactive ketones (excluding diaryl/α,β-unsaturated/α-hetero) is 1. The minimum atomic E-state index is -0.871. The van der Waals surface area contributed by atoms with Crippen molar-refractivity contribution in [3.63, 3.8) is 0 Å². The number of carbonyl (C=O) groups excluding carboxylic acids is 1. The van der Waals surface area contributed by atoms with Gasteiger partial charge < -0.3 is 5.11 Å². The smallest absolute Gasteiger partial charge is 0.141 e. The third-order valence-electron chi connectivity index (χ3n) is 2.60. The third-order valence-corrected chi connectivity index (χ3v) is 2.60. The van der Waals surface area contributed by atoms with Crippen LogP contribution in [0.2, 0.25) is 0 Å². The highest BCUT2D eigenvalue weighted by atomic mass is 16.3. The van der Waals surface area contributed by atoms with E-state index in [1.54, 1.807) is 6.92 Å². The Kier molecular flexibility index (Phi) is 3.68. The summed E-state index contributed by atoms with van der Waals surface area (Å²) in [7, 11) is 0. The zero-order valence-electron chi connectivity index (χ0n) is 9.64. The van der Waals surface area contributed by atoms with E-state index in [1.807, 2.05) is 34.6 Å². The largest absolute Gasteiger partial charge is 0.389 e. The van der Waals surface area contributed by atoms with Crippen LogP contribution in [0.4, 0.5) is 0 Å². The highest BCUT2D eigenvalue weighted by Crippen LogP contribution is 2.26. The third kappa shape index (κ3) is 3.90. The maximum absolute atomic E-state index is 11.6. The molecule has 0 aliphatic carbocycles. The molecular formula is C11H22O2. The minimum Gasteiger partial charge on any atom is -0.389 e. The van der Waals surface area contributed by atoms with Crippen LogP contribution >= 0.6 is 0 Å². The van der Waals surface area contributed by atoms with Crippen molar-refractivity contribution < 1.29 is 9.90 Å². The topological polar surface area (TPSA) is 37.3 Å². The molecule has 2 heteroatoms. The van der Waals surface area contributed by atoms with Gasteiger partial charge in [-0.1, -0.05) is 34.6 Å². The van der Waals surface area contributed by atoms with Gasteiger partial charge in [-0.3, -0.25) is 4.79 Å². The van der Waals surface area contributed by atoms with E-state index < -0.39 is 5.60 Å². The van der Waals surface area contributed by atoms with Crippen molar-refractivity contribution in [2.24, 2.45) is 11.3 Å². The Balaban J connectivity index is 4.38. The maximum atomic E-state index is 11.6. The molecule has 2 nitrogen and oxygen atoms in total. The first-order chi connectivity index (χ1) is 5.57. The molecule has 1 N–H and O–H groups in total. The zero-order chi connectivity index (χ0) is 10.9. The Labute approximate surface area is 81.3 Å². The fourth-order valence-corrected chi connectivity index (χ4v) is 0.794. The van der Waals surface area contributed by atoms with Gasteiger partial charge in [0.25, 0.3) is 0 Å². The summed E-state index contributed by atoms with van der Waals surface area (Å²) in [6.45, 7) is 11.2. The van der Waals surface area contributed by atoms with Crippen LogP contribution in [0.5, 0.6) is 0 Å². The summed E-state index contributed by atoms with van der Waals surface area (Å²) in [4.78, 5) is 11.6. The van der Waals surface area contributed by atoms with Crippen LogP contribution < -0.4 is 0 Å². The molecule has 0 fully saturated rings. The molecular weight excluding hydrogens is 164 g/mol. The molecule has 0 rings (SSSR count). The highest BCUT2D eigenvalue weighted by molar-refractivity contribution is 5.84. The first-order valence-electron chi connectivity index (χ1n) is 4.83. The van der Waals surface area contributed by atoms with Crippen LogP contribution in [0.15, 0.2) is 0 Å². The molecule has 0 aliphatic rings. The van der Waals surface area contributed by atoms with Crippen molar-refractivity contribution in [3.8, 4) is 0 Å². The minimum absolute atomic E-state index is 0.110. The molecule has 0 saturated heterocycles. The van der Waals surface area contributed by atoms with E-state index in [4.69, 9.17) is 0 Å². The number of rotatable bonds is 3. The first-order valence-corrected chi connectivity index (χ1v) is 4.83. The molecule has 0 amide bonds. The van der Waals surface area contributed by atoms with E-state index >= 15 is 0 Å². The SMILES string of the molecule is CC(C)C(C)(O)CC(=O)C(C)(C)C. The van der Waals surface area contributed by atoms with Gasteiger partial charge in [-0.25, -0.2) is 0 Å². The quantitative estimate of drug-likeness (QED) is 0.735. The summed E-state index contributed by atoms with van der Waals surface area (Å²) in [5.74, 6) is 0.227. The molecule has 0 aromatic carbocycles. The molecule has 1 unspecified atom stereocenters. The zero-order valence-corrected chi connectivity index (χ0v) is 9.64. The van der Waals surface area contributed by atoms with E-state index in [2.05, 4.69) is 0 Å². The number of hydrogen-bond acceptors (Lipinski definition) is 2. The monoisotopic (exact) mass is 186 g/mol. The molecule has 0 aliphatic heterocycles. The Hall–Kier alpha value is -0.370. The van der Waals surface area contributed by atoms with Crippen molar-refractivity contribution in [3.05, 3.63) is 0 Å². The molecule has 0 saturated carbocycles. The van der Waals surface area contributed by atoms with Gasteiger partial charge >= 0.3 is 0 Å². The second-order valence-corrected chi connectivity index (χ2v) is 5.36. The van der Waals surface area contributed by atoms with Crippen molar-refractivity contribution in [2.75, 3.05) is 0 Å². The Morgan fingerprint density at radius 2 is 1.62 bits per heavy atom. The molecule has 0 heterocycles. The van der Waals surface area contributed by atoms with Crippen LogP contribution in [0.25, 0.3) is 0 Å². The van der Waals surface area contributed by atoms with Gasteiger partial charge in [0.2, 0.25) is 0 Å². The van der Waals surface area contributed by atoms with Gasteiger partial charge in [0, 0.05) is 11.8 Å². The average molecular weight is 186 g/mol. The summed E-state index contributed by atoms with van der Waals surface area (Å²) in [6.07, 6.45) is 0.244. The van der Waals surface area contributed by atoms with E-state index in [1.165, 1.54) is 0 Å². The lowest BCUT2D eigenvalue weighted by Gasteiger charge is -2.30. The van der Waals surface area contributed by atoms with E-state index in [9.17, 15) is 9.90 Å². The van der Waals surface area contributed by atoms with Crippen molar-refractivity contribution >= 4 is 5.78 Å². The Bertz CT molecular complexity index is 185. The molecule has 13 heavy (non-hydrogen) atoms. The number of carbonyl (C=O) groups is 1. The van der Waals surface area contributed by atoms with Crippen molar-refractivity contribution in [2.45, 2.75) is 53.6 Å². The number of aliphatic hydroxyl groups is 1. The van der Waals surface area contributed by atoms with Crippen LogP contribution in [-0.2, 0) is 4.79 Å². The molecule has 78 valence electrons. The average Bonchev–Trinajstić information content (AvgIpc) is 1.83. The number of ketones is 1. The van der Waals surface area contributed by atoms with E-state index in [0.29, 0.717) is 0 Å². The van der Waals surface area contributed by atoms with Crippen LogP contribution in [-0.4, -0.2) is 16.5 Å². The van der Waals surface area contributed by atoms with Crippen LogP contribution in [0, 0.1) is 11.3 Å². The summed E-state index contributed by atoms with van der Waals surface area (Å²) >= 11 is 0. The number of hydrogen-bond donors (Lipinski definition) is 1. The van der Waals surface area contributed by atoms with E-state index in [0.717, 1.165) is 0 Å². The molecule has 0 bridgehead atoms. The predicted octanol–water partition coefficient (Wildman–Crippen LogP) is 2.40. The molecule has 0 spiro atoms. The summed E-state index contributed by atoms with van der Waals surface area (Å²) < 4.78 is 0.